The van der Waals surface area contributed by atoms with Crippen molar-refractivity contribution in [1.82, 2.24) is 14.9 Å². The van der Waals surface area contributed by atoms with Crippen molar-refractivity contribution in [1.29, 1.82) is 0 Å². The van der Waals surface area contributed by atoms with Crippen molar-refractivity contribution in [3.63, 3.8) is 0 Å². The SMILES string of the molecule is CCC1CCCCC1NCc1csnn1. The molecular weight excluding hydrogens is 206 g/mol. The molecule has 0 spiro atoms. The van der Waals surface area contributed by atoms with E-state index < -0.39 is 0 Å². The van der Waals surface area contributed by atoms with E-state index in [1.807, 2.05) is 5.38 Å². The van der Waals surface area contributed by atoms with Crippen molar-refractivity contribution in [2.45, 2.75) is 51.6 Å². The molecule has 2 rings (SSSR count). The molecule has 2 atom stereocenters. The van der Waals surface area contributed by atoms with E-state index in [4.69, 9.17) is 0 Å². The van der Waals surface area contributed by atoms with Gasteiger partial charge < -0.3 is 5.32 Å². The van der Waals surface area contributed by atoms with Crippen LogP contribution < -0.4 is 5.32 Å². The second-order valence-corrected chi connectivity index (χ2v) is 4.95. The van der Waals surface area contributed by atoms with Gasteiger partial charge in [-0.15, -0.1) is 5.10 Å². The lowest BCUT2D eigenvalue weighted by atomic mass is 9.83. The monoisotopic (exact) mass is 225 g/mol. The van der Waals surface area contributed by atoms with Crippen molar-refractivity contribution in [2.24, 2.45) is 5.92 Å². The molecule has 1 saturated carbocycles. The van der Waals surface area contributed by atoms with Crippen LogP contribution in [0.3, 0.4) is 0 Å². The average Bonchev–Trinajstić information content (AvgIpc) is 2.79. The van der Waals surface area contributed by atoms with Crippen LogP contribution in [0.1, 0.15) is 44.7 Å². The van der Waals surface area contributed by atoms with Gasteiger partial charge in [0, 0.05) is 18.0 Å². The highest BCUT2D eigenvalue weighted by atomic mass is 32.1. The maximum atomic E-state index is 4.06. The van der Waals surface area contributed by atoms with Crippen LogP contribution in [0.15, 0.2) is 5.38 Å². The van der Waals surface area contributed by atoms with Crippen LogP contribution in [0, 0.1) is 5.92 Å². The molecule has 2 unspecified atom stereocenters. The highest BCUT2D eigenvalue weighted by Crippen LogP contribution is 2.26. The number of hydrogen-bond donors (Lipinski definition) is 1. The minimum atomic E-state index is 0.699. The molecule has 1 aromatic rings. The molecule has 4 heteroatoms. The number of nitrogens with zero attached hydrogens (tertiary/aromatic N) is 2. The Morgan fingerprint density at radius 2 is 2.33 bits per heavy atom. The molecule has 1 aromatic heterocycles. The van der Waals surface area contributed by atoms with Gasteiger partial charge in [0.1, 0.15) is 0 Å². The van der Waals surface area contributed by atoms with Gasteiger partial charge in [0.25, 0.3) is 0 Å². The number of aromatic nitrogens is 2. The van der Waals surface area contributed by atoms with E-state index in [0.29, 0.717) is 6.04 Å². The maximum Gasteiger partial charge on any atom is 0.0893 e. The summed E-state index contributed by atoms with van der Waals surface area (Å²) < 4.78 is 3.88. The van der Waals surface area contributed by atoms with Crippen LogP contribution >= 0.6 is 11.5 Å². The summed E-state index contributed by atoms with van der Waals surface area (Å²) in [6.07, 6.45) is 6.81. The molecule has 84 valence electrons. The lowest BCUT2D eigenvalue weighted by molar-refractivity contribution is 0.254. The van der Waals surface area contributed by atoms with Crippen molar-refractivity contribution in [3.8, 4) is 0 Å². The number of hydrogen-bond acceptors (Lipinski definition) is 4. The van der Waals surface area contributed by atoms with Gasteiger partial charge in [-0.25, -0.2) is 0 Å². The van der Waals surface area contributed by atoms with Crippen molar-refractivity contribution >= 4 is 11.5 Å². The molecule has 0 amide bonds. The highest BCUT2D eigenvalue weighted by Gasteiger charge is 2.22. The second kappa shape index (κ2) is 5.56. The second-order valence-electron chi connectivity index (χ2n) is 4.34. The molecule has 0 aliphatic heterocycles. The smallest absolute Gasteiger partial charge is 0.0893 e. The van der Waals surface area contributed by atoms with E-state index in [1.54, 1.807) is 0 Å². The third-order valence-electron chi connectivity index (χ3n) is 3.38. The van der Waals surface area contributed by atoms with Crippen LogP contribution in [0.4, 0.5) is 0 Å². The Bertz CT molecular complexity index is 273. The molecular formula is C11H19N3S. The normalized spacial score (nSPS) is 26.7. The third kappa shape index (κ3) is 2.98. The van der Waals surface area contributed by atoms with E-state index in [1.165, 1.54) is 43.6 Å². The number of nitrogens with one attached hydrogen (secondary N) is 1. The molecule has 0 radical (unpaired) electrons. The molecule has 1 N–H and O–H groups in total. The molecule has 1 heterocycles. The summed E-state index contributed by atoms with van der Waals surface area (Å²) in [6, 6.07) is 0.699. The van der Waals surface area contributed by atoms with E-state index in [-0.39, 0.29) is 0 Å². The Balaban J connectivity index is 1.81. The highest BCUT2D eigenvalue weighted by molar-refractivity contribution is 7.03. The summed E-state index contributed by atoms with van der Waals surface area (Å²) in [5.41, 5.74) is 1.08. The Kier molecular flexibility index (Phi) is 4.09. The predicted octanol–water partition coefficient (Wildman–Crippen LogP) is 2.60. The van der Waals surface area contributed by atoms with E-state index >= 15 is 0 Å². The van der Waals surface area contributed by atoms with Gasteiger partial charge in [-0.05, 0) is 30.3 Å². The summed E-state index contributed by atoms with van der Waals surface area (Å²) in [6.45, 7) is 3.19. The third-order valence-corrected chi connectivity index (χ3v) is 3.94. The summed E-state index contributed by atoms with van der Waals surface area (Å²) in [5, 5.41) is 9.71. The van der Waals surface area contributed by atoms with Gasteiger partial charge in [0.15, 0.2) is 0 Å². The van der Waals surface area contributed by atoms with E-state index in [2.05, 4.69) is 21.8 Å². The van der Waals surface area contributed by atoms with Crippen molar-refractivity contribution in [3.05, 3.63) is 11.1 Å². The van der Waals surface area contributed by atoms with Crippen LogP contribution in [-0.2, 0) is 6.54 Å². The van der Waals surface area contributed by atoms with Gasteiger partial charge in [-0.3, -0.25) is 0 Å². The molecule has 0 aromatic carbocycles. The fraction of sp³-hybridized carbons (Fsp3) is 0.818. The van der Waals surface area contributed by atoms with Crippen LogP contribution in [0.2, 0.25) is 0 Å². The zero-order valence-corrected chi connectivity index (χ0v) is 10.1. The van der Waals surface area contributed by atoms with Crippen molar-refractivity contribution < 1.29 is 0 Å². The largest absolute Gasteiger partial charge is 0.308 e. The fourth-order valence-corrected chi connectivity index (χ4v) is 2.91. The molecule has 1 fully saturated rings. The zero-order valence-electron chi connectivity index (χ0n) is 9.28. The zero-order chi connectivity index (χ0) is 10.5. The Morgan fingerprint density at radius 3 is 3.07 bits per heavy atom. The van der Waals surface area contributed by atoms with Gasteiger partial charge in [-0.2, -0.15) is 0 Å². The molecule has 15 heavy (non-hydrogen) atoms. The summed E-state index contributed by atoms with van der Waals surface area (Å²) >= 11 is 1.43. The maximum absolute atomic E-state index is 4.06. The summed E-state index contributed by atoms with van der Waals surface area (Å²) in [5.74, 6) is 0.866. The molecule has 1 aliphatic rings. The van der Waals surface area contributed by atoms with Crippen LogP contribution in [0.25, 0.3) is 0 Å². The quantitative estimate of drug-likeness (QED) is 0.856. The minimum Gasteiger partial charge on any atom is -0.308 e. The first-order valence-corrected chi connectivity index (χ1v) is 6.73. The van der Waals surface area contributed by atoms with Crippen LogP contribution in [-0.4, -0.2) is 15.6 Å². The summed E-state index contributed by atoms with van der Waals surface area (Å²) in [7, 11) is 0. The Hall–Kier alpha value is -0.480. The van der Waals surface area contributed by atoms with Crippen molar-refractivity contribution in [2.75, 3.05) is 0 Å². The first-order chi connectivity index (χ1) is 7.40. The predicted molar refractivity (Wildman–Crippen MR) is 62.8 cm³/mol. The fourth-order valence-electron chi connectivity index (χ4n) is 2.46. The van der Waals surface area contributed by atoms with Gasteiger partial charge in [-0.1, -0.05) is 30.7 Å². The standard InChI is InChI=1S/C11H19N3S/c1-2-9-5-3-4-6-11(9)12-7-10-8-15-14-13-10/h8-9,11-12H,2-7H2,1H3. The average molecular weight is 225 g/mol. The molecule has 0 bridgehead atoms. The van der Waals surface area contributed by atoms with E-state index in [0.717, 1.165) is 18.2 Å². The molecule has 0 saturated heterocycles. The molecule has 3 nitrogen and oxygen atoms in total. The van der Waals surface area contributed by atoms with Gasteiger partial charge in [0.2, 0.25) is 0 Å². The van der Waals surface area contributed by atoms with Gasteiger partial charge >= 0.3 is 0 Å². The lowest BCUT2D eigenvalue weighted by Crippen LogP contribution is -2.37. The lowest BCUT2D eigenvalue weighted by Gasteiger charge is -2.31. The van der Waals surface area contributed by atoms with E-state index in [9.17, 15) is 0 Å². The molecule has 1 aliphatic carbocycles. The Labute approximate surface area is 95.4 Å². The number of rotatable bonds is 4. The first kappa shape index (κ1) is 11.0. The topological polar surface area (TPSA) is 37.8 Å². The Morgan fingerprint density at radius 1 is 1.47 bits per heavy atom. The minimum absolute atomic E-state index is 0.699. The van der Waals surface area contributed by atoms with Crippen LogP contribution in [0.5, 0.6) is 0 Å². The summed E-state index contributed by atoms with van der Waals surface area (Å²) in [4.78, 5) is 0. The van der Waals surface area contributed by atoms with Gasteiger partial charge in [0.05, 0.1) is 5.69 Å². The first-order valence-electron chi connectivity index (χ1n) is 5.89.